The molecular formula is C18H31N5O5. The summed E-state index contributed by atoms with van der Waals surface area (Å²) in [5, 5.41) is 9.60. The van der Waals surface area contributed by atoms with Crippen LogP contribution in [0.4, 0.5) is 10.6 Å². The summed E-state index contributed by atoms with van der Waals surface area (Å²) in [6.07, 6.45) is 0. The van der Waals surface area contributed by atoms with Crippen molar-refractivity contribution >= 4 is 23.7 Å². The Labute approximate surface area is 165 Å². The van der Waals surface area contributed by atoms with Crippen LogP contribution in [0.15, 0.2) is 6.07 Å². The summed E-state index contributed by atoms with van der Waals surface area (Å²) in [7, 11) is 3.23. The van der Waals surface area contributed by atoms with E-state index in [1.54, 1.807) is 24.7 Å². The Kier molecular flexibility index (Phi) is 8.90. The lowest BCUT2D eigenvalue weighted by atomic mass is 9.92. The van der Waals surface area contributed by atoms with Crippen molar-refractivity contribution in [1.82, 2.24) is 20.0 Å². The number of nitrogens with one attached hydrogen (secondary N) is 2. The third-order valence-corrected chi connectivity index (χ3v) is 3.79. The van der Waals surface area contributed by atoms with Crippen molar-refractivity contribution in [1.29, 1.82) is 0 Å². The number of carbonyl (C=O) groups is 3. The van der Waals surface area contributed by atoms with E-state index in [1.807, 2.05) is 20.8 Å². The van der Waals surface area contributed by atoms with Crippen LogP contribution in [0.3, 0.4) is 0 Å². The second-order valence-corrected chi connectivity index (χ2v) is 7.21. The van der Waals surface area contributed by atoms with Gasteiger partial charge in [0.15, 0.2) is 0 Å². The van der Waals surface area contributed by atoms with E-state index in [2.05, 4.69) is 15.7 Å². The lowest BCUT2D eigenvalue weighted by Gasteiger charge is -2.22. The lowest BCUT2D eigenvalue weighted by molar-refractivity contribution is -0.141. The van der Waals surface area contributed by atoms with Gasteiger partial charge in [-0.25, -0.2) is 4.79 Å². The van der Waals surface area contributed by atoms with Crippen LogP contribution < -0.4 is 10.6 Å². The van der Waals surface area contributed by atoms with Gasteiger partial charge in [0.1, 0.15) is 18.9 Å². The maximum absolute atomic E-state index is 12.4. The fourth-order valence-corrected chi connectivity index (χ4v) is 2.23. The maximum Gasteiger partial charge on any atom is 0.325 e. The first-order valence-electron chi connectivity index (χ1n) is 9.10. The quantitative estimate of drug-likeness (QED) is 0.598. The Balaban J connectivity index is 2.72. The number of nitrogens with zero attached hydrogens (tertiary/aromatic N) is 3. The molecule has 0 unspecified atom stereocenters. The zero-order valence-electron chi connectivity index (χ0n) is 17.5. The van der Waals surface area contributed by atoms with E-state index in [1.165, 1.54) is 12.0 Å². The van der Waals surface area contributed by atoms with Crippen LogP contribution in [0.1, 0.15) is 33.4 Å². The van der Waals surface area contributed by atoms with Gasteiger partial charge in [0.05, 0.1) is 18.9 Å². The summed E-state index contributed by atoms with van der Waals surface area (Å²) in [5.74, 6) is -0.393. The summed E-state index contributed by atoms with van der Waals surface area (Å²) in [6, 6.07) is 1.25. The Morgan fingerprint density at radius 1 is 1.29 bits per heavy atom. The van der Waals surface area contributed by atoms with Gasteiger partial charge in [-0.2, -0.15) is 5.10 Å². The van der Waals surface area contributed by atoms with Gasteiger partial charge in [0.2, 0.25) is 5.91 Å². The lowest BCUT2D eigenvalue weighted by Crippen LogP contribution is -2.47. The average molecular weight is 397 g/mol. The number of anilines is 1. The Morgan fingerprint density at radius 2 is 1.96 bits per heavy atom. The molecule has 3 amide bonds. The van der Waals surface area contributed by atoms with Gasteiger partial charge in [0, 0.05) is 32.2 Å². The molecule has 0 saturated heterocycles. The molecule has 0 radical (unpaired) electrons. The molecule has 28 heavy (non-hydrogen) atoms. The Morgan fingerprint density at radius 3 is 2.50 bits per heavy atom. The molecule has 0 aliphatic heterocycles. The third kappa shape index (κ3) is 7.55. The molecule has 0 atom stereocenters. The number of aryl methyl sites for hydroxylation is 1. The molecule has 10 nitrogen and oxygen atoms in total. The average Bonchev–Trinajstić information content (AvgIpc) is 2.97. The molecule has 0 aliphatic rings. The molecular weight excluding hydrogens is 366 g/mol. The van der Waals surface area contributed by atoms with Gasteiger partial charge >= 0.3 is 12.0 Å². The van der Waals surface area contributed by atoms with E-state index < -0.39 is 12.0 Å². The highest BCUT2D eigenvalue weighted by Gasteiger charge is 2.22. The minimum absolute atomic E-state index is 0.155. The fourth-order valence-electron chi connectivity index (χ4n) is 2.23. The summed E-state index contributed by atoms with van der Waals surface area (Å²) in [4.78, 5) is 37.4. The van der Waals surface area contributed by atoms with Crippen LogP contribution in [0, 0.1) is 0 Å². The highest BCUT2D eigenvalue weighted by atomic mass is 16.5. The normalized spacial score (nSPS) is 11.1. The van der Waals surface area contributed by atoms with Crippen molar-refractivity contribution in [3.05, 3.63) is 11.8 Å². The number of aromatic nitrogens is 2. The molecule has 0 bridgehead atoms. The van der Waals surface area contributed by atoms with Gasteiger partial charge in [-0.15, -0.1) is 0 Å². The highest BCUT2D eigenvalue weighted by Crippen LogP contribution is 2.23. The number of carbonyl (C=O) groups excluding carboxylic acids is 3. The van der Waals surface area contributed by atoms with Crippen molar-refractivity contribution in [2.45, 2.75) is 33.1 Å². The molecule has 1 aromatic rings. The smallest absolute Gasteiger partial charge is 0.325 e. The molecule has 0 fully saturated rings. The first-order chi connectivity index (χ1) is 13.1. The number of ether oxygens (including phenoxy) is 2. The van der Waals surface area contributed by atoms with Gasteiger partial charge in [-0.1, -0.05) is 20.8 Å². The molecule has 1 heterocycles. The van der Waals surface area contributed by atoms with E-state index in [9.17, 15) is 14.4 Å². The van der Waals surface area contributed by atoms with Crippen molar-refractivity contribution in [2.24, 2.45) is 7.05 Å². The SMILES string of the molecule is CCOC(=O)CNC(=O)N(CCOC)CC(=O)Nc1cc(C(C)(C)C)nn1C. The number of hydrogen-bond donors (Lipinski definition) is 2. The molecule has 2 N–H and O–H groups in total. The van der Waals surface area contributed by atoms with Crippen LogP contribution in [0.5, 0.6) is 0 Å². The number of hydrogen-bond acceptors (Lipinski definition) is 6. The van der Waals surface area contributed by atoms with E-state index >= 15 is 0 Å². The standard InChI is InChI=1S/C18H31N5O5/c1-7-28-16(25)11-19-17(26)23(8-9-27-6)12-15(24)20-14-10-13(18(2,3)4)21-22(14)5/h10H,7-9,11-12H2,1-6H3,(H,19,26)(H,20,24). The molecule has 0 aromatic carbocycles. The zero-order chi connectivity index (χ0) is 21.3. The van der Waals surface area contributed by atoms with E-state index in [0.717, 1.165) is 5.69 Å². The van der Waals surface area contributed by atoms with E-state index in [4.69, 9.17) is 9.47 Å². The number of urea groups is 1. The first kappa shape index (κ1) is 23.4. The van der Waals surface area contributed by atoms with Crippen molar-refractivity contribution < 1.29 is 23.9 Å². The maximum atomic E-state index is 12.4. The number of methoxy groups -OCH3 is 1. The predicted molar refractivity (Wildman–Crippen MR) is 104 cm³/mol. The predicted octanol–water partition coefficient (Wildman–Crippen LogP) is 0.877. The largest absolute Gasteiger partial charge is 0.465 e. The second kappa shape index (κ2) is 10.6. The minimum atomic E-state index is -0.555. The third-order valence-electron chi connectivity index (χ3n) is 3.79. The van der Waals surface area contributed by atoms with Gasteiger partial charge < -0.3 is 25.0 Å². The molecule has 1 rings (SSSR count). The van der Waals surface area contributed by atoms with Crippen LogP contribution in [0.25, 0.3) is 0 Å². The van der Waals surface area contributed by atoms with Crippen LogP contribution >= 0.6 is 0 Å². The van der Waals surface area contributed by atoms with Crippen molar-refractivity contribution in [3.8, 4) is 0 Å². The van der Waals surface area contributed by atoms with Gasteiger partial charge in [-0.3, -0.25) is 14.3 Å². The zero-order valence-corrected chi connectivity index (χ0v) is 17.5. The minimum Gasteiger partial charge on any atom is -0.465 e. The van der Waals surface area contributed by atoms with E-state index in [-0.39, 0.29) is 44.2 Å². The molecule has 10 heteroatoms. The van der Waals surface area contributed by atoms with E-state index in [0.29, 0.717) is 5.82 Å². The van der Waals surface area contributed by atoms with Crippen molar-refractivity contribution in [2.75, 3.05) is 45.3 Å². The number of amides is 3. The summed E-state index contributed by atoms with van der Waals surface area (Å²) in [6.45, 7) is 7.97. The molecule has 0 aliphatic carbocycles. The molecule has 0 saturated carbocycles. The first-order valence-corrected chi connectivity index (χ1v) is 9.10. The van der Waals surface area contributed by atoms with Gasteiger partial charge in [-0.05, 0) is 6.92 Å². The highest BCUT2D eigenvalue weighted by molar-refractivity contribution is 5.94. The molecule has 158 valence electrons. The summed E-state index contributed by atoms with van der Waals surface area (Å²) >= 11 is 0. The van der Waals surface area contributed by atoms with Crippen LogP contribution in [-0.4, -0.2) is 72.5 Å². The topological polar surface area (TPSA) is 115 Å². The molecule has 1 aromatic heterocycles. The van der Waals surface area contributed by atoms with Crippen molar-refractivity contribution in [3.63, 3.8) is 0 Å². The summed E-state index contributed by atoms with van der Waals surface area (Å²) < 4.78 is 11.3. The fraction of sp³-hybridized carbons (Fsp3) is 0.667. The molecule has 0 spiro atoms. The number of esters is 1. The Hall–Kier alpha value is -2.62. The second-order valence-electron chi connectivity index (χ2n) is 7.21. The Bertz CT molecular complexity index is 680. The van der Waals surface area contributed by atoms with Crippen LogP contribution in [-0.2, 0) is 31.5 Å². The number of rotatable bonds is 9. The van der Waals surface area contributed by atoms with Crippen LogP contribution in [0.2, 0.25) is 0 Å². The monoisotopic (exact) mass is 397 g/mol. The van der Waals surface area contributed by atoms with Gasteiger partial charge in [0.25, 0.3) is 0 Å². The summed E-state index contributed by atoms with van der Waals surface area (Å²) in [5.41, 5.74) is 0.687.